The molecule has 4 rings (SSSR count). The highest BCUT2D eigenvalue weighted by Gasteiger charge is 2.32. The van der Waals surface area contributed by atoms with Crippen LogP contribution in [0.15, 0.2) is 45.3 Å². The van der Waals surface area contributed by atoms with E-state index in [1.165, 1.54) is 36.1 Å². The van der Waals surface area contributed by atoms with Crippen LogP contribution in [-0.2, 0) is 14.3 Å². The third kappa shape index (κ3) is 5.99. The number of morpholine rings is 1. The van der Waals surface area contributed by atoms with E-state index in [4.69, 9.17) is 4.74 Å². The van der Waals surface area contributed by atoms with Crippen molar-refractivity contribution >= 4 is 43.7 Å². The number of halogens is 2. The van der Waals surface area contributed by atoms with Crippen molar-refractivity contribution in [2.45, 2.75) is 39.0 Å². The van der Waals surface area contributed by atoms with Gasteiger partial charge in [-0.25, -0.2) is 0 Å². The molecular formula is C27H32Br2N2O3. The lowest BCUT2D eigenvalue weighted by molar-refractivity contribution is -0.158. The molecule has 0 spiro atoms. The number of hydrogen-bond donors (Lipinski definition) is 0. The second-order valence-corrected chi connectivity index (χ2v) is 11.2. The molecule has 5 nitrogen and oxygen atoms in total. The minimum absolute atomic E-state index is 0.0155. The van der Waals surface area contributed by atoms with E-state index in [0.717, 1.165) is 38.9 Å². The second-order valence-electron chi connectivity index (χ2n) is 9.49. The van der Waals surface area contributed by atoms with Gasteiger partial charge >= 0.3 is 0 Å². The van der Waals surface area contributed by atoms with Crippen LogP contribution in [0, 0.1) is 19.8 Å². The van der Waals surface area contributed by atoms with Gasteiger partial charge in [-0.2, -0.15) is 0 Å². The van der Waals surface area contributed by atoms with Crippen LogP contribution in [0.1, 0.15) is 47.4 Å². The molecule has 182 valence electrons. The number of carbonyl (C=O) groups is 2. The average Bonchev–Trinajstić information content (AvgIpc) is 2.79. The summed E-state index contributed by atoms with van der Waals surface area (Å²) in [5.41, 5.74) is 5.20. The summed E-state index contributed by atoms with van der Waals surface area (Å²) in [6, 6.07) is 13.4. The molecule has 34 heavy (non-hydrogen) atoms. The molecule has 0 radical (unpaired) electrons. The normalized spacial score (nSPS) is 18.2. The standard InChI is InChI=1S/C27H32Br2N2O3/c1-18-4-6-21(23(28)14-18)27(22-7-5-19(2)15-24(22)29)20-8-12-30(13-9-20)10-3-11-31-25(32)16-34-17-26(31)33/h4-7,14-15,20,27H,3,8-13,16-17H2,1-2H3. The molecule has 2 heterocycles. The van der Waals surface area contributed by atoms with E-state index in [-0.39, 0.29) is 25.0 Å². The van der Waals surface area contributed by atoms with E-state index in [2.05, 4.69) is 87.0 Å². The van der Waals surface area contributed by atoms with Gasteiger partial charge in [-0.05, 0) is 93.0 Å². The Kier molecular flexibility index (Phi) is 8.61. The van der Waals surface area contributed by atoms with Gasteiger partial charge < -0.3 is 9.64 Å². The molecule has 0 saturated carbocycles. The van der Waals surface area contributed by atoms with Gasteiger partial charge in [-0.1, -0.05) is 56.1 Å². The molecular weight excluding hydrogens is 560 g/mol. The van der Waals surface area contributed by atoms with Crippen molar-refractivity contribution in [1.82, 2.24) is 9.80 Å². The fourth-order valence-corrected chi connectivity index (χ4v) is 6.66. The van der Waals surface area contributed by atoms with Gasteiger partial charge in [0.1, 0.15) is 13.2 Å². The fraction of sp³-hybridized carbons (Fsp3) is 0.481. The Labute approximate surface area is 219 Å². The average molecular weight is 592 g/mol. The number of aryl methyl sites for hydroxylation is 2. The summed E-state index contributed by atoms with van der Waals surface area (Å²) >= 11 is 7.70. The van der Waals surface area contributed by atoms with Crippen molar-refractivity contribution in [2.75, 3.05) is 39.4 Å². The summed E-state index contributed by atoms with van der Waals surface area (Å²) in [5, 5.41) is 0. The number of imide groups is 1. The zero-order valence-corrected chi connectivity index (χ0v) is 23.0. The highest BCUT2D eigenvalue weighted by atomic mass is 79.9. The summed E-state index contributed by atoms with van der Waals surface area (Å²) in [4.78, 5) is 27.7. The van der Waals surface area contributed by atoms with Crippen molar-refractivity contribution < 1.29 is 14.3 Å². The van der Waals surface area contributed by atoms with Crippen LogP contribution >= 0.6 is 31.9 Å². The third-order valence-electron chi connectivity index (χ3n) is 6.99. The molecule has 0 bridgehead atoms. The van der Waals surface area contributed by atoms with Gasteiger partial charge in [0, 0.05) is 21.4 Å². The van der Waals surface area contributed by atoms with Gasteiger partial charge in [0.25, 0.3) is 11.8 Å². The Balaban J connectivity index is 1.43. The monoisotopic (exact) mass is 590 g/mol. The summed E-state index contributed by atoms with van der Waals surface area (Å²) in [5.74, 6) is 0.419. The minimum atomic E-state index is -0.217. The molecule has 2 aromatic rings. The number of likely N-dealkylation sites (tertiary alicyclic amines) is 1. The van der Waals surface area contributed by atoms with Crippen LogP contribution < -0.4 is 0 Å². The van der Waals surface area contributed by atoms with Crippen molar-refractivity contribution in [2.24, 2.45) is 5.92 Å². The maximum atomic E-state index is 11.9. The first-order chi connectivity index (χ1) is 16.3. The number of ether oxygens (including phenoxy) is 1. The molecule has 0 aliphatic carbocycles. The predicted octanol–water partition coefficient (Wildman–Crippen LogP) is 5.45. The summed E-state index contributed by atoms with van der Waals surface area (Å²) in [6.07, 6.45) is 3.03. The number of benzene rings is 2. The van der Waals surface area contributed by atoms with Gasteiger partial charge in [-0.15, -0.1) is 0 Å². The molecule has 2 aromatic carbocycles. The summed E-state index contributed by atoms with van der Waals surface area (Å²) in [7, 11) is 0. The van der Waals surface area contributed by atoms with E-state index in [0.29, 0.717) is 18.4 Å². The number of rotatable bonds is 7. The molecule has 0 atom stereocenters. The van der Waals surface area contributed by atoms with Crippen LogP contribution in [0.4, 0.5) is 0 Å². The van der Waals surface area contributed by atoms with E-state index in [9.17, 15) is 9.59 Å². The van der Waals surface area contributed by atoms with Crippen LogP contribution in [-0.4, -0.2) is 61.0 Å². The SMILES string of the molecule is Cc1ccc(C(c2ccc(C)cc2Br)C2CCN(CCCN3C(=O)COCC3=O)CC2)c(Br)c1. The van der Waals surface area contributed by atoms with E-state index < -0.39 is 0 Å². The maximum Gasteiger partial charge on any atom is 0.255 e. The molecule has 7 heteroatoms. The number of hydrogen-bond acceptors (Lipinski definition) is 4. The first-order valence-corrected chi connectivity index (χ1v) is 13.6. The lowest BCUT2D eigenvalue weighted by Gasteiger charge is -2.37. The second kappa shape index (κ2) is 11.5. The van der Waals surface area contributed by atoms with Crippen molar-refractivity contribution in [3.8, 4) is 0 Å². The molecule has 2 fully saturated rings. The topological polar surface area (TPSA) is 49.9 Å². The lowest BCUT2D eigenvalue weighted by atomic mass is 9.76. The van der Waals surface area contributed by atoms with Gasteiger partial charge in [0.05, 0.1) is 0 Å². The summed E-state index contributed by atoms with van der Waals surface area (Å²) < 4.78 is 7.35. The quantitative estimate of drug-likeness (QED) is 0.402. The summed E-state index contributed by atoms with van der Waals surface area (Å²) in [6.45, 7) is 7.72. The van der Waals surface area contributed by atoms with Crippen molar-refractivity contribution in [1.29, 1.82) is 0 Å². The van der Waals surface area contributed by atoms with E-state index >= 15 is 0 Å². The van der Waals surface area contributed by atoms with E-state index in [1.54, 1.807) is 0 Å². The third-order valence-corrected chi connectivity index (χ3v) is 8.37. The van der Waals surface area contributed by atoms with Crippen LogP contribution in [0.3, 0.4) is 0 Å². The van der Waals surface area contributed by atoms with Crippen LogP contribution in [0.25, 0.3) is 0 Å². The van der Waals surface area contributed by atoms with Gasteiger partial charge in [0.15, 0.2) is 0 Å². The molecule has 2 saturated heterocycles. The zero-order chi connectivity index (χ0) is 24.2. The molecule has 2 amide bonds. The largest absolute Gasteiger partial charge is 0.362 e. The van der Waals surface area contributed by atoms with Crippen LogP contribution in [0.2, 0.25) is 0 Å². The Morgan fingerprint density at radius 1 is 0.882 bits per heavy atom. The van der Waals surface area contributed by atoms with Crippen LogP contribution in [0.5, 0.6) is 0 Å². The van der Waals surface area contributed by atoms with E-state index in [1.807, 2.05) is 0 Å². The molecule has 0 N–H and O–H groups in total. The van der Waals surface area contributed by atoms with Crippen molar-refractivity contribution in [3.63, 3.8) is 0 Å². The Morgan fingerprint density at radius 2 is 1.41 bits per heavy atom. The molecule has 2 aliphatic heterocycles. The number of amides is 2. The van der Waals surface area contributed by atoms with Crippen molar-refractivity contribution in [3.05, 3.63) is 67.6 Å². The highest BCUT2D eigenvalue weighted by molar-refractivity contribution is 9.10. The minimum Gasteiger partial charge on any atom is -0.362 e. The molecule has 2 aliphatic rings. The first kappa shape index (κ1) is 25.5. The fourth-order valence-electron chi connectivity index (χ4n) is 5.18. The number of carbonyl (C=O) groups excluding carboxylic acids is 2. The number of piperidine rings is 1. The smallest absolute Gasteiger partial charge is 0.255 e. The Hall–Kier alpha value is -1.54. The molecule has 0 unspecified atom stereocenters. The zero-order valence-electron chi connectivity index (χ0n) is 19.9. The maximum absolute atomic E-state index is 11.9. The Bertz CT molecular complexity index is 983. The van der Waals surface area contributed by atoms with Gasteiger partial charge in [-0.3, -0.25) is 14.5 Å². The Morgan fingerprint density at radius 3 is 1.91 bits per heavy atom. The highest BCUT2D eigenvalue weighted by Crippen LogP contribution is 2.43. The molecule has 0 aromatic heterocycles. The number of nitrogens with zero attached hydrogens (tertiary/aromatic N) is 2. The first-order valence-electron chi connectivity index (χ1n) is 12.0. The lowest BCUT2D eigenvalue weighted by Crippen LogP contribution is -2.47. The van der Waals surface area contributed by atoms with Gasteiger partial charge in [0.2, 0.25) is 0 Å². The predicted molar refractivity (Wildman–Crippen MR) is 141 cm³/mol.